The molecule has 190 valence electrons. The standard InChI is InChI=1S/C28H31NO7/c1-16-22(10-18-11-25(31)28(36-17(2)30)26(12-18)34-4)21-8-7-19(33-3)13-24(21)23(16)14-27(32)29-15-20-6-5-9-35-20/h5-6,8-13,19,23,28,31H,7,14-15H2,1-4H3,(H,29,32)/b18-10+. The number of ether oxygens (including phenoxy) is 3. The molecule has 1 heterocycles. The average molecular weight is 494 g/mol. The number of furan rings is 1. The van der Waals surface area contributed by atoms with Crippen LogP contribution >= 0.6 is 0 Å². The van der Waals surface area contributed by atoms with Gasteiger partial charge >= 0.3 is 5.97 Å². The summed E-state index contributed by atoms with van der Waals surface area (Å²) < 4.78 is 21.5. The van der Waals surface area contributed by atoms with Crippen LogP contribution in [-0.2, 0) is 30.3 Å². The highest BCUT2D eigenvalue weighted by atomic mass is 16.6. The number of amides is 1. The minimum absolute atomic E-state index is 0.0552. The summed E-state index contributed by atoms with van der Waals surface area (Å²) in [6, 6.07) is 3.61. The first kappa shape index (κ1) is 25.3. The number of allylic oxidation sites excluding steroid dienone is 8. The molecule has 0 aromatic carbocycles. The van der Waals surface area contributed by atoms with Crippen LogP contribution in [0.3, 0.4) is 0 Å². The van der Waals surface area contributed by atoms with Crippen molar-refractivity contribution in [3.8, 4) is 0 Å². The number of nitrogens with one attached hydrogen (secondary N) is 1. The Balaban J connectivity index is 1.63. The van der Waals surface area contributed by atoms with Crippen LogP contribution in [0.4, 0.5) is 0 Å². The number of rotatable bonds is 8. The van der Waals surface area contributed by atoms with E-state index in [0.29, 0.717) is 23.6 Å². The Labute approximate surface area is 210 Å². The second-order valence-electron chi connectivity index (χ2n) is 8.91. The van der Waals surface area contributed by atoms with E-state index in [-0.39, 0.29) is 30.1 Å². The highest BCUT2D eigenvalue weighted by Gasteiger charge is 2.35. The van der Waals surface area contributed by atoms with Gasteiger partial charge in [0.05, 0.1) is 26.0 Å². The molecule has 4 rings (SSSR count). The van der Waals surface area contributed by atoms with E-state index in [1.807, 2.05) is 19.1 Å². The molecule has 36 heavy (non-hydrogen) atoms. The molecule has 3 aliphatic rings. The largest absolute Gasteiger partial charge is 0.508 e. The van der Waals surface area contributed by atoms with Crippen molar-refractivity contribution in [3.05, 3.63) is 93.9 Å². The van der Waals surface area contributed by atoms with E-state index in [1.54, 1.807) is 31.6 Å². The summed E-state index contributed by atoms with van der Waals surface area (Å²) in [5.74, 6) is 0.195. The van der Waals surface area contributed by atoms with E-state index in [9.17, 15) is 14.7 Å². The van der Waals surface area contributed by atoms with E-state index >= 15 is 0 Å². The maximum atomic E-state index is 12.8. The topological polar surface area (TPSA) is 107 Å². The lowest BCUT2D eigenvalue weighted by Gasteiger charge is -2.23. The molecule has 0 saturated heterocycles. The summed E-state index contributed by atoms with van der Waals surface area (Å²) >= 11 is 0. The zero-order valence-electron chi connectivity index (χ0n) is 20.9. The van der Waals surface area contributed by atoms with Gasteiger partial charge in [0.2, 0.25) is 12.0 Å². The number of aliphatic hydroxyl groups excluding tert-OH is 1. The summed E-state index contributed by atoms with van der Waals surface area (Å²) in [7, 11) is 3.14. The van der Waals surface area contributed by atoms with Crippen molar-refractivity contribution in [3.63, 3.8) is 0 Å². The van der Waals surface area contributed by atoms with Gasteiger partial charge in [0.15, 0.2) is 0 Å². The van der Waals surface area contributed by atoms with Crippen molar-refractivity contribution in [2.75, 3.05) is 14.2 Å². The van der Waals surface area contributed by atoms with Gasteiger partial charge in [-0.2, -0.15) is 0 Å². The summed E-state index contributed by atoms with van der Waals surface area (Å²) in [5.41, 5.74) is 4.84. The lowest BCUT2D eigenvalue weighted by Crippen LogP contribution is -2.26. The summed E-state index contributed by atoms with van der Waals surface area (Å²) in [5, 5.41) is 13.5. The third-order valence-corrected chi connectivity index (χ3v) is 6.56. The van der Waals surface area contributed by atoms with Crippen molar-refractivity contribution in [1.82, 2.24) is 5.32 Å². The zero-order chi connectivity index (χ0) is 25.8. The predicted molar refractivity (Wildman–Crippen MR) is 132 cm³/mol. The molecule has 0 fully saturated rings. The van der Waals surface area contributed by atoms with Gasteiger partial charge in [-0.05, 0) is 66.0 Å². The molecular weight excluding hydrogens is 462 g/mol. The molecule has 0 saturated carbocycles. The number of methoxy groups -OCH3 is 2. The molecular formula is C28H31NO7. The fraction of sp³-hybridized carbons (Fsp3) is 0.357. The van der Waals surface area contributed by atoms with Crippen molar-refractivity contribution in [1.29, 1.82) is 0 Å². The quantitative estimate of drug-likeness (QED) is 0.519. The van der Waals surface area contributed by atoms with E-state index in [1.165, 1.54) is 14.0 Å². The van der Waals surface area contributed by atoms with Gasteiger partial charge in [-0.15, -0.1) is 0 Å². The molecule has 8 nitrogen and oxygen atoms in total. The summed E-state index contributed by atoms with van der Waals surface area (Å²) in [4.78, 5) is 24.3. The lowest BCUT2D eigenvalue weighted by atomic mass is 9.87. The Hall–Kier alpha value is -3.78. The predicted octanol–water partition coefficient (Wildman–Crippen LogP) is 4.35. The molecule has 2 N–H and O–H groups in total. The Bertz CT molecular complexity index is 1210. The van der Waals surface area contributed by atoms with Crippen LogP contribution < -0.4 is 5.32 Å². The lowest BCUT2D eigenvalue weighted by molar-refractivity contribution is -0.145. The molecule has 3 atom stereocenters. The number of hydrogen-bond acceptors (Lipinski definition) is 7. The second kappa shape index (κ2) is 10.9. The van der Waals surface area contributed by atoms with Crippen molar-refractivity contribution in [2.45, 2.75) is 45.4 Å². The van der Waals surface area contributed by atoms with Crippen LogP contribution in [0.1, 0.15) is 32.4 Å². The third-order valence-electron chi connectivity index (χ3n) is 6.56. The van der Waals surface area contributed by atoms with E-state index in [0.717, 1.165) is 28.7 Å². The molecule has 0 bridgehead atoms. The van der Waals surface area contributed by atoms with Crippen molar-refractivity contribution >= 4 is 11.9 Å². The first-order valence-corrected chi connectivity index (χ1v) is 11.8. The molecule has 3 unspecified atom stereocenters. The molecule has 8 heteroatoms. The first-order chi connectivity index (χ1) is 17.3. The van der Waals surface area contributed by atoms with Crippen LogP contribution in [0.2, 0.25) is 0 Å². The van der Waals surface area contributed by atoms with Crippen molar-refractivity contribution < 1.29 is 33.3 Å². The Morgan fingerprint density at radius 3 is 2.75 bits per heavy atom. The highest BCUT2D eigenvalue weighted by Crippen LogP contribution is 2.46. The van der Waals surface area contributed by atoms with Gasteiger partial charge < -0.3 is 29.1 Å². The van der Waals surface area contributed by atoms with Crippen molar-refractivity contribution in [2.24, 2.45) is 5.92 Å². The number of esters is 1. The van der Waals surface area contributed by atoms with Gasteiger partial charge in [0.1, 0.15) is 17.3 Å². The van der Waals surface area contributed by atoms with Crippen LogP contribution in [0.15, 0.2) is 92.6 Å². The van der Waals surface area contributed by atoms with Gasteiger partial charge in [0, 0.05) is 26.4 Å². The fourth-order valence-corrected chi connectivity index (χ4v) is 4.76. The number of carbonyl (C=O) groups excluding carboxylic acids is 2. The molecule has 1 aromatic heterocycles. The number of carbonyl (C=O) groups is 2. The van der Waals surface area contributed by atoms with Crippen LogP contribution in [0.25, 0.3) is 0 Å². The number of hydrogen-bond donors (Lipinski definition) is 2. The molecule has 0 radical (unpaired) electrons. The van der Waals surface area contributed by atoms with E-state index in [2.05, 4.69) is 17.5 Å². The summed E-state index contributed by atoms with van der Waals surface area (Å²) in [6.45, 7) is 3.63. The molecule has 1 amide bonds. The number of fused-ring (bicyclic) bond motifs is 1. The van der Waals surface area contributed by atoms with E-state index in [4.69, 9.17) is 18.6 Å². The first-order valence-electron chi connectivity index (χ1n) is 11.8. The van der Waals surface area contributed by atoms with Crippen LogP contribution in [-0.4, -0.2) is 43.4 Å². The van der Waals surface area contributed by atoms with Gasteiger partial charge in [-0.1, -0.05) is 17.7 Å². The third kappa shape index (κ3) is 5.39. The SMILES string of the molecule is COC1=C/C(=C/C2=C(C)C(CC(=O)NCc3ccco3)C3=CC(OC)CC=C32)C=C(O)C1OC(C)=O. The molecule has 0 spiro atoms. The van der Waals surface area contributed by atoms with Gasteiger partial charge in [-0.3, -0.25) is 9.59 Å². The molecule has 0 aliphatic heterocycles. The smallest absolute Gasteiger partial charge is 0.303 e. The monoisotopic (exact) mass is 493 g/mol. The maximum absolute atomic E-state index is 12.8. The normalized spacial score (nSPS) is 24.4. The fourth-order valence-electron chi connectivity index (χ4n) is 4.76. The Morgan fingerprint density at radius 2 is 2.08 bits per heavy atom. The maximum Gasteiger partial charge on any atom is 0.303 e. The van der Waals surface area contributed by atoms with Gasteiger partial charge in [0.25, 0.3) is 0 Å². The summed E-state index contributed by atoms with van der Waals surface area (Å²) in [6.07, 6.45) is 11.0. The zero-order valence-corrected chi connectivity index (χ0v) is 20.9. The Morgan fingerprint density at radius 1 is 1.28 bits per heavy atom. The number of aliphatic hydroxyl groups is 1. The average Bonchev–Trinajstić information content (AvgIpc) is 3.46. The Kier molecular flexibility index (Phi) is 7.64. The van der Waals surface area contributed by atoms with Crippen LogP contribution in [0, 0.1) is 5.92 Å². The molecule has 1 aromatic rings. The minimum atomic E-state index is -0.972. The minimum Gasteiger partial charge on any atom is -0.508 e. The van der Waals surface area contributed by atoms with Crippen LogP contribution in [0.5, 0.6) is 0 Å². The van der Waals surface area contributed by atoms with Gasteiger partial charge in [-0.25, -0.2) is 0 Å². The molecule has 3 aliphatic carbocycles. The second-order valence-corrected chi connectivity index (χ2v) is 8.91. The highest BCUT2D eigenvalue weighted by molar-refractivity contribution is 5.79. The van der Waals surface area contributed by atoms with E-state index < -0.39 is 12.1 Å².